The van der Waals surface area contributed by atoms with Crippen LogP contribution in [0.1, 0.15) is 45.4 Å². The first kappa shape index (κ1) is 16.0. The van der Waals surface area contributed by atoms with Crippen molar-refractivity contribution in [2.24, 2.45) is 5.41 Å². The van der Waals surface area contributed by atoms with Crippen LogP contribution in [0.4, 0.5) is 0 Å². The van der Waals surface area contributed by atoms with Gasteiger partial charge in [0.05, 0.1) is 6.61 Å². The standard InChI is InChI=1S/C14H25NO4/c1-3-4-5-7-12(16)15-9-6-8-14(10-15,11-19-2)13(17)18/h3-11H2,1-2H3,(H,17,18). The summed E-state index contributed by atoms with van der Waals surface area (Å²) < 4.78 is 5.05. The van der Waals surface area contributed by atoms with E-state index in [2.05, 4.69) is 6.92 Å². The molecular weight excluding hydrogens is 246 g/mol. The molecule has 0 aromatic rings. The maximum Gasteiger partial charge on any atom is 0.313 e. The topological polar surface area (TPSA) is 66.8 Å². The molecule has 1 aliphatic heterocycles. The van der Waals surface area contributed by atoms with Crippen LogP contribution in [0.25, 0.3) is 0 Å². The zero-order valence-corrected chi connectivity index (χ0v) is 12.0. The van der Waals surface area contributed by atoms with Gasteiger partial charge in [0.2, 0.25) is 5.91 Å². The third kappa shape index (κ3) is 4.20. The molecule has 0 aromatic carbocycles. The summed E-state index contributed by atoms with van der Waals surface area (Å²) in [7, 11) is 1.51. The molecule has 1 saturated heterocycles. The molecule has 1 aliphatic rings. The summed E-state index contributed by atoms with van der Waals surface area (Å²) in [6.07, 6.45) is 4.84. The van der Waals surface area contributed by atoms with Crippen molar-refractivity contribution in [1.82, 2.24) is 4.90 Å². The van der Waals surface area contributed by atoms with Crippen LogP contribution in [0.15, 0.2) is 0 Å². The van der Waals surface area contributed by atoms with Gasteiger partial charge in [0.1, 0.15) is 5.41 Å². The molecule has 1 fully saturated rings. The number of piperidine rings is 1. The zero-order chi connectivity index (χ0) is 14.3. The maximum absolute atomic E-state index is 12.1. The molecule has 0 aliphatic carbocycles. The zero-order valence-electron chi connectivity index (χ0n) is 12.0. The van der Waals surface area contributed by atoms with Gasteiger partial charge in [0.15, 0.2) is 0 Å². The van der Waals surface area contributed by atoms with Gasteiger partial charge in [0, 0.05) is 26.6 Å². The largest absolute Gasteiger partial charge is 0.481 e. The lowest BCUT2D eigenvalue weighted by Gasteiger charge is -2.39. The van der Waals surface area contributed by atoms with Crippen LogP contribution in [0, 0.1) is 5.41 Å². The second-order valence-electron chi connectivity index (χ2n) is 5.39. The van der Waals surface area contributed by atoms with E-state index in [-0.39, 0.29) is 19.1 Å². The van der Waals surface area contributed by atoms with Crippen molar-refractivity contribution in [1.29, 1.82) is 0 Å². The van der Waals surface area contributed by atoms with Crippen molar-refractivity contribution in [2.75, 3.05) is 26.8 Å². The highest BCUT2D eigenvalue weighted by Crippen LogP contribution is 2.31. The minimum Gasteiger partial charge on any atom is -0.481 e. The molecule has 0 spiro atoms. The van der Waals surface area contributed by atoms with E-state index >= 15 is 0 Å². The Kier molecular flexibility index (Phi) is 6.28. The van der Waals surface area contributed by atoms with Gasteiger partial charge < -0.3 is 14.7 Å². The van der Waals surface area contributed by atoms with Gasteiger partial charge in [-0.3, -0.25) is 9.59 Å². The van der Waals surface area contributed by atoms with Gasteiger partial charge in [-0.05, 0) is 19.3 Å². The maximum atomic E-state index is 12.1. The number of carboxylic acids is 1. The van der Waals surface area contributed by atoms with Crippen LogP contribution < -0.4 is 0 Å². The molecule has 1 atom stereocenters. The van der Waals surface area contributed by atoms with Gasteiger partial charge in [-0.25, -0.2) is 0 Å². The molecule has 0 saturated carbocycles. The third-order valence-electron chi connectivity index (χ3n) is 3.80. The summed E-state index contributed by atoms with van der Waals surface area (Å²) in [6, 6.07) is 0. The number of methoxy groups -OCH3 is 1. The van der Waals surface area contributed by atoms with Crippen LogP contribution in [0.5, 0.6) is 0 Å². The summed E-state index contributed by atoms with van der Waals surface area (Å²) in [5, 5.41) is 9.42. The number of aliphatic carboxylic acids is 1. The average Bonchev–Trinajstić information content (AvgIpc) is 2.39. The van der Waals surface area contributed by atoms with Crippen LogP contribution in [0.2, 0.25) is 0 Å². The highest BCUT2D eigenvalue weighted by molar-refractivity contribution is 5.79. The number of carbonyl (C=O) groups excluding carboxylic acids is 1. The van der Waals surface area contributed by atoms with Crippen LogP contribution in [0.3, 0.4) is 0 Å². The Morgan fingerprint density at radius 3 is 2.68 bits per heavy atom. The number of likely N-dealkylation sites (tertiary alicyclic amines) is 1. The van der Waals surface area contributed by atoms with Crippen LogP contribution >= 0.6 is 0 Å². The second-order valence-corrected chi connectivity index (χ2v) is 5.39. The Labute approximate surface area is 114 Å². The number of nitrogens with zero attached hydrogens (tertiary/aromatic N) is 1. The van der Waals surface area contributed by atoms with E-state index in [1.54, 1.807) is 4.90 Å². The number of hydrogen-bond donors (Lipinski definition) is 1. The highest BCUT2D eigenvalue weighted by Gasteiger charge is 2.43. The SMILES string of the molecule is CCCCCC(=O)N1CCCC(COC)(C(=O)O)C1. The fourth-order valence-corrected chi connectivity index (χ4v) is 2.66. The predicted octanol–water partition coefficient (Wildman–Crippen LogP) is 1.91. The Bertz CT molecular complexity index is 315. The van der Waals surface area contributed by atoms with Gasteiger partial charge in [-0.15, -0.1) is 0 Å². The smallest absolute Gasteiger partial charge is 0.313 e. The van der Waals surface area contributed by atoms with Gasteiger partial charge in [-0.1, -0.05) is 19.8 Å². The monoisotopic (exact) mass is 271 g/mol. The van der Waals surface area contributed by atoms with Crippen LogP contribution in [-0.4, -0.2) is 48.7 Å². The molecule has 5 nitrogen and oxygen atoms in total. The number of carbonyl (C=O) groups is 2. The summed E-state index contributed by atoms with van der Waals surface area (Å²) in [5.41, 5.74) is -0.923. The lowest BCUT2D eigenvalue weighted by atomic mass is 9.80. The predicted molar refractivity (Wildman–Crippen MR) is 71.9 cm³/mol. The van der Waals surface area contributed by atoms with E-state index in [9.17, 15) is 14.7 Å². The number of hydrogen-bond acceptors (Lipinski definition) is 3. The van der Waals surface area contributed by atoms with Crippen molar-refractivity contribution < 1.29 is 19.4 Å². The summed E-state index contributed by atoms with van der Waals surface area (Å²) in [5.74, 6) is -0.782. The number of amides is 1. The molecule has 0 aromatic heterocycles. The van der Waals surface area contributed by atoms with Gasteiger partial charge >= 0.3 is 5.97 Å². The van der Waals surface area contributed by atoms with Crippen LogP contribution in [-0.2, 0) is 14.3 Å². The average molecular weight is 271 g/mol. The molecule has 19 heavy (non-hydrogen) atoms. The van der Waals surface area contributed by atoms with Crippen molar-refractivity contribution in [3.63, 3.8) is 0 Å². The first-order chi connectivity index (χ1) is 9.05. The third-order valence-corrected chi connectivity index (χ3v) is 3.80. The minimum atomic E-state index is -0.923. The Morgan fingerprint density at radius 2 is 2.11 bits per heavy atom. The second kappa shape index (κ2) is 7.48. The molecule has 1 unspecified atom stereocenters. The number of carboxylic acid groups (broad SMARTS) is 1. The van der Waals surface area contributed by atoms with E-state index in [0.29, 0.717) is 19.4 Å². The fourth-order valence-electron chi connectivity index (χ4n) is 2.66. The molecule has 0 bridgehead atoms. The van der Waals surface area contributed by atoms with E-state index in [4.69, 9.17) is 4.74 Å². The molecular formula is C14H25NO4. The molecule has 5 heteroatoms. The van der Waals surface area contributed by atoms with Crippen molar-refractivity contribution in [3.05, 3.63) is 0 Å². The number of ether oxygens (including phenoxy) is 1. The quantitative estimate of drug-likeness (QED) is 0.718. The Balaban J connectivity index is 2.61. The molecule has 1 amide bonds. The fraction of sp³-hybridized carbons (Fsp3) is 0.857. The first-order valence-corrected chi connectivity index (χ1v) is 7.06. The lowest BCUT2D eigenvalue weighted by molar-refractivity contribution is -0.159. The Hall–Kier alpha value is -1.10. The van der Waals surface area contributed by atoms with E-state index in [1.807, 2.05) is 0 Å². The first-order valence-electron chi connectivity index (χ1n) is 7.06. The molecule has 1 rings (SSSR count). The van der Waals surface area contributed by atoms with E-state index in [1.165, 1.54) is 7.11 Å². The summed E-state index contributed by atoms with van der Waals surface area (Å²) in [4.78, 5) is 25.3. The Morgan fingerprint density at radius 1 is 1.37 bits per heavy atom. The number of rotatable bonds is 7. The van der Waals surface area contributed by atoms with Crippen molar-refractivity contribution >= 4 is 11.9 Å². The highest BCUT2D eigenvalue weighted by atomic mass is 16.5. The van der Waals surface area contributed by atoms with Crippen molar-refractivity contribution in [3.8, 4) is 0 Å². The molecule has 1 heterocycles. The molecule has 0 radical (unpaired) electrons. The normalized spacial score (nSPS) is 23.4. The van der Waals surface area contributed by atoms with E-state index in [0.717, 1.165) is 25.7 Å². The molecule has 1 N–H and O–H groups in total. The van der Waals surface area contributed by atoms with E-state index < -0.39 is 11.4 Å². The van der Waals surface area contributed by atoms with Gasteiger partial charge in [-0.2, -0.15) is 0 Å². The minimum absolute atomic E-state index is 0.0786. The van der Waals surface area contributed by atoms with Gasteiger partial charge in [0.25, 0.3) is 0 Å². The number of unbranched alkanes of at least 4 members (excludes halogenated alkanes) is 2. The summed E-state index contributed by atoms with van der Waals surface area (Å²) >= 11 is 0. The lowest BCUT2D eigenvalue weighted by Crippen LogP contribution is -2.52. The van der Waals surface area contributed by atoms with Crippen molar-refractivity contribution in [2.45, 2.75) is 45.4 Å². The summed E-state index contributed by atoms with van der Waals surface area (Å²) in [6.45, 7) is 3.21. The molecule has 110 valence electrons.